The number of unbranched alkanes of at least 4 members (excludes halogenated alkanes) is 3. The molecule has 0 heterocycles. The maximum Gasteiger partial charge on any atom is 0.294 e. The average molecular weight is 341 g/mol. The third-order valence-electron chi connectivity index (χ3n) is 4.63. The van der Waals surface area contributed by atoms with E-state index in [9.17, 15) is 8.42 Å². The highest BCUT2D eigenvalue weighted by atomic mass is 32.2. The van der Waals surface area contributed by atoms with Crippen molar-refractivity contribution in [1.82, 2.24) is 0 Å². The SMILES string of the molecule is CCCCCC(C)CCCCC(C)c1ccc(S(=O)(=O)O)cc1. The van der Waals surface area contributed by atoms with Crippen molar-refractivity contribution < 1.29 is 13.0 Å². The third kappa shape index (κ3) is 7.98. The Balaban J connectivity index is 2.30. The number of hydrogen-bond donors (Lipinski definition) is 1. The molecule has 0 bridgehead atoms. The van der Waals surface area contributed by atoms with Crippen molar-refractivity contribution in [1.29, 1.82) is 0 Å². The molecule has 0 fully saturated rings. The lowest BCUT2D eigenvalue weighted by molar-refractivity contribution is 0.435. The molecule has 4 heteroatoms. The first-order chi connectivity index (χ1) is 10.8. The number of rotatable bonds is 11. The largest absolute Gasteiger partial charge is 0.294 e. The van der Waals surface area contributed by atoms with Gasteiger partial charge in [-0.2, -0.15) is 8.42 Å². The lowest BCUT2D eigenvalue weighted by atomic mass is 9.92. The first kappa shape index (κ1) is 20.2. The summed E-state index contributed by atoms with van der Waals surface area (Å²) < 4.78 is 31.1. The Morgan fingerprint density at radius 1 is 0.913 bits per heavy atom. The predicted octanol–water partition coefficient (Wildman–Crippen LogP) is 5.81. The minimum atomic E-state index is -4.09. The molecule has 0 aliphatic rings. The van der Waals surface area contributed by atoms with Crippen molar-refractivity contribution in [2.45, 2.75) is 83.0 Å². The van der Waals surface area contributed by atoms with Crippen LogP contribution < -0.4 is 0 Å². The van der Waals surface area contributed by atoms with E-state index in [-0.39, 0.29) is 4.90 Å². The molecule has 0 aliphatic heterocycles. The van der Waals surface area contributed by atoms with E-state index < -0.39 is 10.1 Å². The lowest BCUT2D eigenvalue weighted by Crippen LogP contribution is -2.00. The summed E-state index contributed by atoms with van der Waals surface area (Å²) in [6.45, 7) is 6.77. The quantitative estimate of drug-likeness (QED) is 0.408. The van der Waals surface area contributed by atoms with Crippen LogP contribution in [0, 0.1) is 5.92 Å². The fourth-order valence-corrected chi connectivity index (χ4v) is 3.45. The topological polar surface area (TPSA) is 54.4 Å². The van der Waals surface area contributed by atoms with Gasteiger partial charge in [-0.1, -0.05) is 77.8 Å². The van der Waals surface area contributed by atoms with Crippen LogP contribution in [0.25, 0.3) is 0 Å². The van der Waals surface area contributed by atoms with E-state index in [1.165, 1.54) is 57.1 Å². The molecule has 2 unspecified atom stereocenters. The van der Waals surface area contributed by atoms with E-state index in [1.807, 2.05) is 0 Å². The molecule has 132 valence electrons. The molecular weight excluding hydrogens is 308 g/mol. The third-order valence-corrected chi connectivity index (χ3v) is 5.50. The van der Waals surface area contributed by atoms with E-state index in [0.29, 0.717) is 5.92 Å². The highest BCUT2D eigenvalue weighted by molar-refractivity contribution is 7.85. The van der Waals surface area contributed by atoms with Crippen molar-refractivity contribution in [2.75, 3.05) is 0 Å². The highest BCUT2D eigenvalue weighted by Gasteiger charge is 2.11. The molecule has 3 nitrogen and oxygen atoms in total. The Morgan fingerprint density at radius 2 is 1.43 bits per heavy atom. The first-order valence-electron chi connectivity index (χ1n) is 8.92. The van der Waals surface area contributed by atoms with Gasteiger partial charge in [0.25, 0.3) is 10.1 Å². The second kappa shape index (κ2) is 10.1. The Bertz CT molecular complexity index is 534. The molecule has 0 saturated heterocycles. The van der Waals surface area contributed by atoms with Gasteiger partial charge in [-0.3, -0.25) is 4.55 Å². The average Bonchev–Trinajstić information content (AvgIpc) is 2.51. The standard InChI is InChI=1S/C19H32O3S/c1-4-5-6-9-16(2)10-7-8-11-17(3)18-12-14-19(15-13-18)23(20,21)22/h12-17H,4-11H2,1-3H3,(H,20,21,22). The minimum absolute atomic E-state index is 0.0330. The summed E-state index contributed by atoms with van der Waals surface area (Å²) in [5.74, 6) is 1.24. The van der Waals surface area contributed by atoms with Gasteiger partial charge in [-0.05, 0) is 36.0 Å². The predicted molar refractivity (Wildman–Crippen MR) is 96.4 cm³/mol. The zero-order valence-electron chi connectivity index (χ0n) is 14.8. The van der Waals surface area contributed by atoms with Crippen molar-refractivity contribution in [3.05, 3.63) is 29.8 Å². The van der Waals surface area contributed by atoms with Crippen molar-refractivity contribution in [3.8, 4) is 0 Å². The zero-order valence-corrected chi connectivity index (χ0v) is 15.6. The molecule has 0 amide bonds. The van der Waals surface area contributed by atoms with Crippen molar-refractivity contribution in [2.24, 2.45) is 5.92 Å². The maximum atomic E-state index is 11.0. The van der Waals surface area contributed by atoms with Crippen molar-refractivity contribution in [3.63, 3.8) is 0 Å². The summed E-state index contributed by atoms with van der Waals surface area (Å²) in [6, 6.07) is 6.58. The number of hydrogen-bond acceptors (Lipinski definition) is 2. The maximum absolute atomic E-state index is 11.0. The van der Waals surface area contributed by atoms with E-state index >= 15 is 0 Å². The van der Waals surface area contributed by atoms with E-state index in [0.717, 1.165) is 17.9 Å². The van der Waals surface area contributed by atoms with Crippen LogP contribution >= 0.6 is 0 Å². The normalized spacial score (nSPS) is 14.6. The van der Waals surface area contributed by atoms with Crippen LogP contribution in [-0.4, -0.2) is 13.0 Å². The van der Waals surface area contributed by atoms with Crippen LogP contribution in [0.3, 0.4) is 0 Å². The van der Waals surface area contributed by atoms with E-state index in [1.54, 1.807) is 12.1 Å². The molecule has 1 N–H and O–H groups in total. The minimum Gasteiger partial charge on any atom is -0.282 e. The van der Waals surface area contributed by atoms with E-state index in [2.05, 4.69) is 20.8 Å². The second-order valence-corrected chi connectivity index (χ2v) is 8.25. The molecule has 0 spiro atoms. The second-order valence-electron chi connectivity index (χ2n) is 6.83. The molecule has 0 saturated carbocycles. The van der Waals surface area contributed by atoms with Gasteiger partial charge in [0.15, 0.2) is 0 Å². The first-order valence-corrected chi connectivity index (χ1v) is 10.4. The highest BCUT2D eigenvalue weighted by Crippen LogP contribution is 2.24. The number of benzene rings is 1. The Kier molecular flexibility index (Phi) is 8.85. The van der Waals surface area contributed by atoms with Crippen LogP contribution in [0.2, 0.25) is 0 Å². The Labute approximate surface area is 142 Å². The van der Waals surface area contributed by atoms with Crippen LogP contribution in [0.15, 0.2) is 29.2 Å². The molecule has 1 rings (SSSR count). The van der Waals surface area contributed by atoms with Crippen LogP contribution in [0.5, 0.6) is 0 Å². The van der Waals surface area contributed by atoms with Gasteiger partial charge in [-0.25, -0.2) is 0 Å². The van der Waals surface area contributed by atoms with Crippen LogP contribution in [0.1, 0.15) is 83.6 Å². The fourth-order valence-electron chi connectivity index (χ4n) is 2.97. The Morgan fingerprint density at radius 3 is 1.96 bits per heavy atom. The summed E-state index contributed by atoms with van der Waals surface area (Å²) in [7, 11) is -4.09. The molecular formula is C19H32O3S. The molecule has 2 atom stereocenters. The molecule has 23 heavy (non-hydrogen) atoms. The smallest absolute Gasteiger partial charge is 0.282 e. The van der Waals surface area contributed by atoms with Gasteiger partial charge in [0, 0.05) is 0 Å². The Hall–Kier alpha value is -0.870. The van der Waals surface area contributed by atoms with Crippen LogP contribution in [0.4, 0.5) is 0 Å². The van der Waals surface area contributed by atoms with Gasteiger partial charge in [0.1, 0.15) is 0 Å². The molecule has 0 aliphatic carbocycles. The van der Waals surface area contributed by atoms with E-state index in [4.69, 9.17) is 4.55 Å². The fraction of sp³-hybridized carbons (Fsp3) is 0.684. The summed E-state index contributed by atoms with van der Waals surface area (Å²) in [5, 5.41) is 0. The van der Waals surface area contributed by atoms with Gasteiger partial charge >= 0.3 is 0 Å². The zero-order chi connectivity index (χ0) is 17.3. The summed E-state index contributed by atoms with van der Waals surface area (Å²) in [4.78, 5) is -0.0330. The summed E-state index contributed by atoms with van der Waals surface area (Å²) in [6.07, 6.45) is 10.2. The van der Waals surface area contributed by atoms with Gasteiger partial charge < -0.3 is 0 Å². The lowest BCUT2D eigenvalue weighted by Gasteiger charge is -2.14. The van der Waals surface area contributed by atoms with Crippen LogP contribution in [-0.2, 0) is 10.1 Å². The van der Waals surface area contributed by atoms with Gasteiger partial charge in [0.05, 0.1) is 4.90 Å². The summed E-state index contributed by atoms with van der Waals surface area (Å²) in [5.41, 5.74) is 1.13. The molecule has 0 aromatic heterocycles. The summed E-state index contributed by atoms with van der Waals surface area (Å²) >= 11 is 0. The molecule has 1 aromatic rings. The molecule has 0 radical (unpaired) electrons. The van der Waals surface area contributed by atoms with Gasteiger partial charge in [0.2, 0.25) is 0 Å². The monoisotopic (exact) mass is 340 g/mol. The molecule has 1 aromatic carbocycles. The van der Waals surface area contributed by atoms with Crippen molar-refractivity contribution >= 4 is 10.1 Å². The van der Waals surface area contributed by atoms with Gasteiger partial charge in [-0.15, -0.1) is 0 Å².